The maximum atomic E-state index is 9.32. The molecule has 1 heterocycles. The van der Waals surface area contributed by atoms with Crippen LogP contribution in [0.15, 0.2) is 30.6 Å². The van der Waals surface area contributed by atoms with Gasteiger partial charge in [0, 0.05) is 12.4 Å². The van der Waals surface area contributed by atoms with Gasteiger partial charge in [-0.15, -0.1) is 0 Å². The Morgan fingerprint density at radius 2 is 1.91 bits per heavy atom. The van der Waals surface area contributed by atoms with Gasteiger partial charge >= 0.3 is 0 Å². The smallest absolute Gasteiger partial charge is 0.141 e. The zero-order valence-electron chi connectivity index (χ0n) is 5.83. The fraction of sp³-hybridized carbons (Fsp3) is 0. The van der Waals surface area contributed by atoms with E-state index < -0.39 is 0 Å². The number of phenols is 1. The van der Waals surface area contributed by atoms with Crippen LogP contribution in [0.5, 0.6) is 5.75 Å². The van der Waals surface area contributed by atoms with E-state index in [-0.39, 0.29) is 5.75 Å². The summed E-state index contributed by atoms with van der Waals surface area (Å²) in [6, 6.07) is 5.33. The van der Waals surface area contributed by atoms with Crippen LogP contribution in [0.3, 0.4) is 0 Å². The fourth-order valence-electron chi connectivity index (χ4n) is 1.07. The normalized spacial score (nSPS) is 13.1. The minimum Gasteiger partial charge on any atom is -0.506 e. The summed E-state index contributed by atoms with van der Waals surface area (Å²) < 4.78 is 0. The summed E-state index contributed by atoms with van der Waals surface area (Å²) in [6.07, 6.45) is 3.52. The van der Waals surface area contributed by atoms with Crippen molar-refractivity contribution in [3.63, 3.8) is 0 Å². The Morgan fingerprint density at radius 3 is 2.73 bits per heavy atom. The first kappa shape index (κ1) is 6.09. The molecule has 11 heavy (non-hydrogen) atoms. The number of rotatable bonds is 0. The largest absolute Gasteiger partial charge is 0.506 e. The van der Waals surface area contributed by atoms with Gasteiger partial charge in [0.2, 0.25) is 0 Å². The van der Waals surface area contributed by atoms with Gasteiger partial charge in [-0.05, 0) is 12.1 Å². The summed E-state index contributed by atoms with van der Waals surface area (Å²) in [6.45, 7) is 0. The van der Waals surface area contributed by atoms with Gasteiger partial charge in [-0.25, -0.2) is 0 Å². The molecule has 0 spiro atoms. The highest BCUT2D eigenvalue weighted by molar-refractivity contribution is 5.78. The predicted octanol–water partition coefficient (Wildman–Crippen LogP) is 1.70. The van der Waals surface area contributed by atoms with Gasteiger partial charge in [0.25, 0.3) is 0 Å². The number of nitrogens with one attached hydrogen (secondary N) is 2. The average Bonchev–Trinajstić information content (AvgIpc) is 2.06. The third-order valence-electron chi connectivity index (χ3n) is 1.59. The molecule has 0 unspecified atom stereocenters. The van der Waals surface area contributed by atoms with Crippen LogP contribution >= 0.6 is 0 Å². The van der Waals surface area contributed by atoms with E-state index in [4.69, 9.17) is 0 Å². The standard InChI is InChI=1S/C8H8N2O/c11-7-3-1-2-6-8(7)10-5-4-9-6/h1-5,9-11H. The summed E-state index contributed by atoms with van der Waals surface area (Å²) >= 11 is 0. The van der Waals surface area contributed by atoms with E-state index in [1.807, 2.05) is 6.07 Å². The molecule has 0 aromatic heterocycles. The number of fused-ring (bicyclic) bond motifs is 1. The van der Waals surface area contributed by atoms with Crippen LogP contribution in [0.1, 0.15) is 0 Å². The van der Waals surface area contributed by atoms with Crippen LogP contribution in [0.4, 0.5) is 11.4 Å². The number of aromatic hydroxyl groups is 1. The highest BCUT2D eigenvalue weighted by atomic mass is 16.3. The van der Waals surface area contributed by atoms with Crippen molar-refractivity contribution in [1.82, 2.24) is 0 Å². The van der Waals surface area contributed by atoms with Crippen molar-refractivity contribution < 1.29 is 5.11 Å². The molecule has 3 nitrogen and oxygen atoms in total. The summed E-state index contributed by atoms with van der Waals surface area (Å²) in [5.74, 6) is 0.263. The first-order valence-corrected chi connectivity index (χ1v) is 3.38. The highest BCUT2D eigenvalue weighted by Gasteiger charge is 2.06. The molecule has 0 amide bonds. The van der Waals surface area contributed by atoms with E-state index in [0.29, 0.717) is 0 Å². The maximum absolute atomic E-state index is 9.32. The molecule has 0 fully saturated rings. The van der Waals surface area contributed by atoms with E-state index in [0.717, 1.165) is 11.4 Å². The lowest BCUT2D eigenvalue weighted by atomic mass is 10.2. The summed E-state index contributed by atoms with van der Waals surface area (Å²) in [5, 5.41) is 15.3. The fourth-order valence-corrected chi connectivity index (χ4v) is 1.07. The molecule has 1 aliphatic rings. The number of phenolic OH excluding ortho intramolecular Hbond substituents is 1. The molecule has 0 bridgehead atoms. The van der Waals surface area contributed by atoms with Crippen molar-refractivity contribution in [2.45, 2.75) is 0 Å². The lowest BCUT2D eigenvalue weighted by molar-refractivity contribution is 0.478. The Hall–Kier alpha value is -1.64. The summed E-state index contributed by atoms with van der Waals surface area (Å²) in [5.41, 5.74) is 1.63. The van der Waals surface area contributed by atoms with Crippen LogP contribution in [0.25, 0.3) is 0 Å². The van der Waals surface area contributed by atoms with Crippen molar-refractivity contribution in [3.8, 4) is 5.75 Å². The zero-order chi connectivity index (χ0) is 7.68. The van der Waals surface area contributed by atoms with Crippen molar-refractivity contribution in [1.29, 1.82) is 0 Å². The second-order valence-corrected chi connectivity index (χ2v) is 2.32. The van der Waals surface area contributed by atoms with E-state index in [1.165, 1.54) is 0 Å². The van der Waals surface area contributed by atoms with Crippen molar-refractivity contribution in [2.24, 2.45) is 0 Å². The number of hydrogen-bond donors (Lipinski definition) is 3. The molecule has 1 aromatic carbocycles. The van der Waals surface area contributed by atoms with E-state index >= 15 is 0 Å². The molecule has 1 aromatic rings. The summed E-state index contributed by atoms with van der Waals surface area (Å²) in [4.78, 5) is 0. The molecule has 0 saturated heterocycles. The molecule has 1 aliphatic heterocycles. The molecule has 0 atom stereocenters. The van der Waals surface area contributed by atoms with Crippen molar-refractivity contribution in [2.75, 3.05) is 10.6 Å². The quantitative estimate of drug-likeness (QED) is 0.490. The SMILES string of the molecule is Oc1cccc2c1NC=CN2. The van der Waals surface area contributed by atoms with Crippen LogP contribution in [0, 0.1) is 0 Å². The van der Waals surface area contributed by atoms with Gasteiger partial charge in [0.15, 0.2) is 0 Å². The van der Waals surface area contributed by atoms with Gasteiger partial charge in [0.1, 0.15) is 11.4 Å². The Balaban J connectivity index is 2.54. The number of benzene rings is 1. The molecule has 0 saturated carbocycles. The molecular weight excluding hydrogens is 140 g/mol. The predicted molar refractivity (Wildman–Crippen MR) is 44.5 cm³/mol. The Morgan fingerprint density at radius 1 is 1.09 bits per heavy atom. The van der Waals surface area contributed by atoms with Crippen molar-refractivity contribution in [3.05, 3.63) is 30.6 Å². The van der Waals surface area contributed by atoms with E-state index in [1.54, 1.807) is 24.5 Å². The summed E-state index contributed by atoms with van der Waals surface area (Å²) in [7, 11) is 0. The molecule has 0 radical (unpaired) electrons. The van der Waals surface area contributed by atoms with Gasteiger partial charge in [-0.3, -0.25) is 0 Å². The minimum absolute atomic E-state index is 0.263. The molecule has 3 heteroatoms. The second kappa shape index (κ2) is 2.20. The lowest BCUT2D eigenvalue weighted by Crippen LogP contribution is -2.01. The Kier molecular flexibility index (Phi) is 1.22. The number of hydrogen-bond acceptors (Lipinski definition) is 3. The highest BCUT2D eigenvalue weighted by Crippen LogP contribution is 2.32. The number of para-hydroxylation sites is 1. The molecule has 0 aliphatic carbocycles. The maximum Gasteiger partial charge on any atom is 0.141 e. The molecule has 2 rings (SSSR count). The first-order valence-electron chi connectivity index (χ1n) is 3.38. The van der Waals surface area contributed by atoms with Gasteiger partial charge < -0.3 is 15.7 Å². The minimum atomic E-state index is 0.263. The molecule has 56 valence electrons. The average molecular weight is 148 g/mol. The lowest BCUT2D eigenvalue weighted by Gasteiger charge is -2.14. The monoisotopic (exact) mass is 148 g/mol. The first-order chi connectivity index (χ1) is 5.38. The third-order valence-corrected chi connectivity index (χ3v) is 1.59. The van der Waals surface area contributed by atoms with Gasteiger partial charge in [-0.2, -0.15) is 0 Å². The zero-order valence-corrected chi connectivity index (χ0v) is 5.83. The van der Waals surface area contributed by atoms with Crippen LogP contribution in [-0.4, -0.2) is 5.11 Å². The Labute approximate surface area is 64.4 Å². The Bertz CT molecular complexity index is 307. The third kappa shape index (κ3) is 0.902. The van der Waals surface area contributed by atoms with E-state index in [2.05, 4.69) is 10.6 Å². The molecular formula is C8H8N2O. The van der Waals surface area contributed by atoms with Crippen molar-refractivity contribution >= 4 is 11.4 Å². The van der Waals surface area contributed by atoms with E-state index in [9.17, 15) is 5.11 Å². The molecule has 3 N–H and O–H groups in total. The topological polar surface area (TPSA) is 44.3 Å². The van der Waals surface area contributed by atoms with Gasteiger partial charge in [0.05, 0.1) is 5.69 Å². The van der Waals surface area contributed by atoms with Crippen LogP contribution < -0.4 is 10.6 Å². The van der Waals surface area contributed by atoms with Crippen LogP contribution in [-0.2, 0) is 0 Å². The van der Waals surface area contributed by atoms with Gasteiger partial charge in [-0.1, -0.05) is 6.07 Å². The number of anilines is 2. The van der Waals surface area contributed by atoms with Crippen LogP contribution in [0.2, 0.25) is 0 Å². The second-order valence-electron chi connectivity index (χ2n) is 2.32.